The number of amides is 2. The molecule has 0 fully saturated rings. The topological polar surface area (TPSA) is 58.6 Å². The maximum Gasteiger partial charge on any atom is 0.262 e. The first-order valence-electron chi connectivity index (χ1n) is 8.52. The van der Waals surface area contributed by atoms with Gasteiger partial charge in [0.05, 0.1) is 0 Å². The van der Waals surface area contributed by atoms with Gasteiger partial charge in [0.2, 0.25) is 0 Å². The number of anilines is 1. The van der Waals surface area contributed by atoms with Crippen LogP contribution >= 0.6 is 15.9 Å². The molecule has 26 heavy (non-hydrogen) atoms. The first-order valence-corrected chi connectivity index (χ1v) is 9.32. The van der Waals surface area contributed by atoms with E-state index < -0.39 is 0 Å². The Kier molecular flexibility index (Phi) is 7.21. The minimum Gasteiger partial charge on any atom is -0.483 e. The summed E-state index contributed by atoms with van der Waals surface area (Å²) >= 11 is 3.39. The lowest BCUT2D eigenvalue weighted by Gasteiger charge is -2.18. The zero-order chi connectivity index (χ0) is 19.1. The fourth-order valence-corrected chi connectivity index (χ4v) is 2.98. The van der Waals surface area contributed by atoms with E-state index in [0.29, 0.717) is 30.1 Å². The van der Waals surface area contributed by atoms with Crippen LogP contribution < -0.4 is 10.1 Å². The molecule has 0 radical (unpaired) electrons. The molecule has 6 heteroatoms. The summed E-state index contributed by atoms with van der Waals surface area (Å²) in [5, 5.41) is 2.77. The van der Waals surface area contributed by atoms with E-state index in [1.54, 1.807) is 29.2 Å². The van der Waals surface area contributed by atoms with E-state index >= 15 is 0 Å². The first kappa shape index (κ1) is 20.0. The van der Waals surface area contributed by atoms with E-state index in [-0.39, 0.29) is 18.4 Å². The molecule has 0 saturated carbocycles. The molecule has 0 aliphatic carbocycles. The molecule has 0 bridgehead atoms. The molecule has 5 nitrogen and oxygen atoms in total. The van der Waals surface area contributed by atoms with Crippen molar-refractivity contribution >= 4 is 33.4 Å². The predicted octanol–water partition coefficient (Wildman–Crippen LogP) is 4.26. The van der Waals surface area contributed by atoms with Crippen molar-refractivity contribution in [3.05, 3.63) is 58.1 Å². The third-order valence-electron chi connectivity index (χ3n) is 3.96. The lowest BCUT2D eigenvalue weighted by Crippen LogP contribution is -2.30. The molecule has 0 aromatic heterocycles. The van der Waals surface area contributed by atoms with Crippen LogP contribution in [0.2, 0.25) is 0 Å². The van der Waals surface area contributed by atoms with Gasteiger partial charge in [-0.25, -0.2) is 0 Å². The van der Waals surface area contributed by atoms with Crippen molar-refractivity contribution in [2.75, 3.05) is 25.0 Å². The van der Waals surface area contributed by atoms with Gasteiger partial charge in [0, 0.05) is 28.8 Å². The molecule has 2 aromatic rings. The zero-order valence-corrected chi connectivity index (χ0v) is 16.8. The number of halogens is 1. The third kappa shape index (κ3) is 5.33. The predicted molar refractivity (Wildman–Crippen MR) is 107 cm³/mol. The minimum absolute atomic E-state index is 0.0121. The van der Waals surface area contributed by atoms with Crippen molar-refractivity contribution in [2.45, 2.75) is 20.8 Å². The summed E-state index contributed by atoms with van der Waals surface area (Å²) < 4.78 is 6.52. The minimum atomic E-state index is -0.255. The Morgan fingerprint density at radius 1 is 1.08 bits per heavy atom. The normalized spacial score (nSPS) is 10.3. The first-order chi connectivity index (χ1) is 12.4. The molecule has 0 aliphatic rings. The smallest absolute Gasteiger partial charge is 0.262 e. The van der Waals surface area contributed by atoms with Gasteiger partial charge in [0.15, 0.2) is 6.61 Å². The molecule has 2 aromatic carbocycles. The molecule has 0 unspecified atom stereocenters. The van der Waals surface area contributed by atoms with E-state index in [0.717, 1.165) is 10.0 Å². The Balaban J connectivity index is 1.92. The number of aryl methyl sites for hydroxylation is 1. The van der Waals surface area contributed by atoms with Gasteiger partial charge in [-0.3, -0.25) is 9.59 Å². The number of carbonyl (C=O) groups is 2. The lowest BCUT2D eigenvalue weighted by atomic mass is 10.2. The Labute approximate surface area is 162 Å². The highest BCUT2D eigenvalue weighted by molar-refractivity contribution is 9.10. The van der Waals surface area contributed by atoms with Gasteiger partial charge in [0.1, 0.15) is 5.75 Å². The van der Waals surface area contributed by atoms with E-state index in [1.165, 1.54) is 0 Å². The highest BCUT2D eigenvalue weighted by Crippen LogP contribution is 2.22. The van der Waals surface area contributed by atoms with Gasteiger partial charge in [-0.2, -0.15) is 0 Å². The summed E-state index contributed by atoms with van der Waals surface area (Å²) in [5.41, 5.74) is 2.18. The zero-order valence-electron chi connectivity index (χ0n) is 15.2. The van der Waals surface area contributed by atoms with E-state index in [2.05, 4.69) is 21.2 Å². The monoisotopic (exact) mass is 418 g/mol. The summed E-state index contributed by atoms with van der Waals surface area (Å²) in [6.07, 6.45) is 0. The number of carbonyl (C=O) groups excluding carboxylic acids is 2. The number of benzene rings is 2. The fraction of sp³-hybridized carbons (Fsp3) is 0.300. The van der Waals surface area contributed by atoms with Crippen LogP contribution in [0, 0.1) is 6.92 Å². The van der Waals surface area contributed by atoms with Crippen molar-refractivity contribution in [3.63, 3.8) is 0 Å². The van der Waals surface area contributed by atoms with Crippen LogP contribution in [-0.2, 0) is 4.79 Å². The molecule has 2 rings (SSSR count). The number of ether oxygens (including phenoxy) is 1. The molecule has 1 N–H and O–H groups in total. The van der Waals surface area contributed by atoms with E-state index in [4.69, 9.17) is 4.74 Å². The van der Waals surface area contributed by atoms with Crippen LogP contribution in [0.3, 0.4) is 0 Å². The van der Waals surface area contributed by atoms with Gasteiger partial charge in [-0.1, -0.05) is 15.9 Å². The second-order valence-corrected chi connectivity index (χ2v) is 6.72. The molecule has 138 valence electrons. The quantitative estimate of drug-likeness (QED) is 0.730. The van der Waals surface area contributed by atoms with Crippen LogP contribution in [-0.4, -0.2) is 36.4 Å². The van der Waals surface area contributed by atoms with Gasteiger partial charge < -0.3 is 15.0 Å². The molecule has 0 atom stereocenters. The average molecular weight is 419 g/mol. The van der Waals surface area contributed by atoms with Gasteiger partial charge in [-0.15, -0.1) is 0 Å². The average Bonchev–Trinajstić information content (AvgIpc) is 2.62. The van der Waals surface area contributed by atoms with Gasteiger partial charge >= 0.3 is 0 Å². The van der Waals surface area contributed by atoms with Crippen LogP contribution in [0.1, 0.15) is 29.8 Å². The maximum atomic E-state index is 12.3. The van der Waals surface area contributed by atoms with Crippen molar-refractivity contribution in [2.24, 2.45) is 0 Å². The van der Waals surface area contributed by atoms with Gasteiger partial charge in [0.25, 0.3) is 11.8 Å². The van der Waals surface area contributed by atoms with Crippen molar-refractivity contribution in [1.82, 2.24) is 4.90 Å². The Morgan fingerprint density at radius 2 is 1.73 bits per heavy atom. The Morgan fingerprint density at radius 3 is 2.31 bits per heavy atom. The van der Waals surface area contributed by atoms with Crippen LogP contribution in [0.5, 0.6) is 5.75 Å². The van der Waals surface area contributed by atoms with Crippen LogP contribution in [0.4, 0.5) is 5.69 Å². The third-order valence-corrected chi connectivity index (χ3v) is 4.46. The standard InChI is InChI=1S/C20H23BrN2O3/c1-4-23(5-2)20(25)15-6-9-17(10-7-15)22-19(24)13-26-18-11-8-16(21)12-14(18)3/h6-12H,4-5,13H2,1-3H3,(H,22,24). The summed E-state index contributed by atoms with van der Waals surface area (Å²) in [4.78, 5) is 26.1. The Bertz CT molecular complexity index is 771. The van der Waals surface area contributed by atoms with Crippen molar-refractivity contribution in [1.29, 1.82) is 0 Å². The molecular weight excluding hydrogens is 396 g/mol. The van der Waals surface area contributed by atoms with Gasteiger partial charge in [-0.05, 0) is 68.8 Å². The van der Waals surface area contributed by atoms with E-state index in [9.17, 15) is 9.59 Å². The molecular formula is C20H23BrN2O3. The van der Waals surface area contributed by atoms with Crippen molar-refractivity contribution < 1.29 is 14.3 Å². The molecule has 0 saturated heterocycles. The SMILES string of the molecule is CCN(CC)C(=O)c1ccc(NC(=O)COc2ccc(Br)cc2C)cc1. The molecule has 0 aliphatic heterocycles. The Hall–Kier alpha value is -2.34. The number of rotatable bonds is 7. The van der Waals surface area contributed by atoms with Crippen LogP contribution in [0.25, 0.3) is 0 Å². The highest BCUT2D eigenvalue weighted by Gasteiger charge is 2.12. The fourth-order valence-electron chi connectivity index (χ4n) is 2.50. The summed E-state index contributed by atoms with van der Waals surface area (Å²) in [6, 6.07) is 12.5. The summed E-state index contributed by atoms with van der Waals surface area (Å²) in [6.45, 7) is 7.07. The largest absolute Gasteiger partial charge is 0.483 e. The second-order valence-electron chi connectivity index (χ2n) is 5.80. The maximum absolute atomic E-state index is 12.3. The molecule has 0 spiro atoms. The molecule has 0 heterocycles. The number of hydrogen-bond acceptors (Lipinski definition) is 3. The molecule has 2 amide bonds. The highest BCUT2D eigenvalue weighted by atomic mass is 79.9. The van der Waals surface area contributed by atoms with Crippen LogP contribution in [0.15, 0.2) is 46.9 Å². The summed E-state index contributed by atoms with van der Waals surface area (Å²) in [7, 11) is 0. The van der Waals surface area contributed by atoms with Crippen molar-refractivity contribution in [3.8, 4) is 5.75 Å². The summed E-state index contributed by atoms with van der Waals surface area (Å²) in [5.74, 6) is 0.403. The van der Waals surface area contributed by atoms with E-state index in [1.807, 2.05) is 39.0 Å². The lowest BCUT2D eigenvalue weighted by molar-refractivity contribution is -0.118. The number of hydrogen-bond donors (Lipinski definition) is 1. The number of nitrogens with zero attached hydrogens (tertiary/aromatic N) is 1. The number of nitrogens with one attached hydrogen (secondary N) is 1. The second kappa shape index (κ2) is 9.38.